The van der Waals surface area contributed by atoms with Crippen LogP contribution < -0.4 is 10.5 Å². The Labute approximate surface area is 123 Å². The van der Waals surface area contributed by atoms with E-state index in [1.807, 2.05) is 12.1 Å². The summed E-state index contributed by atoms with van der Waals surface area (Å²) in [7, 11) is 0. The molecule has 20 heavy (non-hydrogen) atoms. The lowest BCUT2D eigenvalue weighted by atomic mass is 9.98. The summed E-state index contributed by atoms with van der Waals surface area (Å²) in [6.07, 6.45) is 3.64. The Morgan fingerprint density at radius 2 is 1.90 bits per heavy atom. The molecule has 1 aliphatic heterocycles. The monoisotopic (exact) mass is 276 g/mol. The summed E-state index contributed by atoms with van der Waals surface area (Å²) in [5.41, 5.74) is 7.53. The summed E-state index contributed by atoms with van der Waals surface area (Å²) in [6, 6.07) is 8.36. The Balaban J connectivity index is 1.84. The van der Waals surface area contributed by atoms with Crippen molar-refractivity contribution in [3.8, 4) is 5.75 Å². The van der Waals surface area contributed by atoms with Crippen molar-refractivity contribution in [2.24, 2.45) is 11.7 Å². The highest BCUT2D eigenvalue weighted by Gasteiger charge is 2.18. The summed E-state index contributed by atoms with van der Waals surface area (Å²) in [4.78, 5) is 2.49. The van der Waals surface area contributed by atoms with Crippen LogP contribution in [0.25, 0.3) is 0 Å². The van der Waals surface area contributed by atoms with Crippen molar-refractivity contribution in [3.63, 3.8) is 0 Å². The lowest BCUT2D eigenvalue weighted by Crippen LogP contribution is -2.38. The van der Waals surface area contributed by atoms with E-state index < -0.39 is 0 Å². The van der Waals surface area contributed by atoms with E-state index in [1.54, 1.807) is 0 Å². The first-order valence-corrected chi connectivity index (χ1v) is 7.89. The van der Waals surface area contributed by atoms with Crippen molar-refractivity contribution in [1.29, 1.82) is 0 Å². The fourth-order valence-corrected chi connectivity index (χ4v) is 2.66. The van der Waals surface area contributed by atoms with E-state index in [-0.39, 0.29) is 6.04 Å². The molecule has 1 aromatic carbocycles. The second kappa shape index (κ2) is 7.65. The maximum atomic E-state index is 6.33. The molecule has 1 unspecified atom stereocenters. The van der Waals surface area contributed by atoms with Crippen molar-refractivity contribution < 1.29 is 4.74 Å². The summed E-state index contributed by atoms with van der Waals surface area (Å²) >= 11 is 0. The predicted molar refractivity (Wildman–Crippen MR) is 84.0 cm³/mol. The molecule has 0 radical (unpaired) electrons. The van der Waals surface area contributed by atoms with Crippen LogP contribution in [-0.2, 0) is 0 Å². The Bertz CT molecular complexity index is 382. The van der Waals surface area contributed by atoms with Gasteiger partial charge in [0.25, 0.3) is 0 Å². The molecule has 1 saturated heterocycles. The molecule has 3 heteroatoms. The zero-order valence-corrected chi connectivity index (χ0v) is 12.8. The normalized spacial score (nSPS) is 18.9. The molecule has 1 heterocycles. The Morgan fingerprint density at radius 1 is 1.25 bits per heavy atom. The fourth-order valence-electron chi connectivity index (χ4n) is 2.66. The topological polar surface area (TPSA) is 38.5 Å². The van der Waals surface area contributed by atoms with Gasteiger partial charge in [0.2, 0.25) is 0 Å². The Morgan fingerprint density at radius 3 is 2.50 bits per heavy atom. The molecule has 0 spiro atoms. The molecule has 1 aliphatic rings. The zero-order chi connectivity index (χ0) is 14.4. The highest BCUT2D eigenvalue weighted by atomic mass is 16.5. The maximum absolute atomic E-state index is 6.33. The number of nitrogens with two attached hydrogens (primary N) is 1. The highest BCUT2D eigenvalue weighted by molar-refractivity contribution is 5.29. The zero-order valence-electron chi connectivity index (χ0n) is 12.8. The smallest absolute Gasteiger partial charge is 0.119 e. The van der Waals surface area contributed by atoms with Gasteiger partial charge < -0.3 is 15.4 Å². The van der Waals surface area contributed by atoms with E-state index in [1.165, 1.54) is 31.5 Å². The molecule has 2 N–H and O–H groups in total. The van der Waals surface area contributed by atoms with Crippen LogP contribution in [0.15, 0.2) is 24.3 Å². The first-order chi connectivity index (χ1) is 9.69. The molecule has 3 nitrogen and oxygen atoms in total. The molecule has 0 bridgehead atoms. The van der Waals surface area contributed by atoms with Gasteiger partial charge in [-0.25, -0.2) is 0 Å². The minimum absolute atomic E-state index is 0.101. The van der Waals surface area contributed by atoms with Gasteiger partial charge in [0.05, 0.1) is 6.61 Å². The fraction of sp³-hybridized carbons (Fsp3) is 0.647. The van der Waals surface area contributed by atoms with Gasteiger partial charge in [0, 0.05) is 12.6 Å². The van der Waals surface area contributed by atoms with E-state index >= 15 is 0 Å². The van der Waals surface area contributed by atoms with Gasteiger partial charge >= 0.3 is 0 Å². The Hall–Kier alpha value is -1.06. The van der Waals surface area contributed by atoms with E-state index in [2.05, 4.69) is 30.9 Å². The summed E-state index contributed by atoms with van der Waals surface area (Å²) in [5.74, 6) is 1.81. The predicted octanol–water partition coefficient (Wildman–Crippen LogP) is 3.21. The largest absolute Gasteiger partial charge is 0.494 e. The minimum atomic E-state index is 0.101. The standard InChI is InChI=1S/C17H28N2O/c1-3-12-20-16-6-4-15(5-7-16)17(18)13-19-10-8-14(2)9-11-19/h4-7,14,17H,3,8-13,18H2,1-2H3. The third-order valence-electron chi connectivity index (χ3n) is 4.11. The van der Waals surface area contributed by atoms with Crippen LogP contribution in [0.2, 0.25) is 0 Å². The second-order valence-electron chi connectivity index (χ2n) is 6.01. The van der Waals surface area contributed by atoms with Crippen molar-refractivity contribution in [2.45, 2.75) is 39.2 Å². The first kappa shape index (κ1) is 15.3. The van der Waals surface area contributed by atoms with Gasteiger partial charge in [0.1, 0.15) is 5.75 Å². The number of benzene rings is 1. The molecular weight excluding hydrogens is 248 g/mol. The molecule has 1 aromatic rings. The van der Waals surface area contributed by atoms with E-state index in [9.17, 15) is 0 Å². The highest BCUT2D eigenvalue weighted by Crippen LogP contribution is 2.21. The number of hydrogen-bond donors (Lipinski definition) is 1. The van der Waals surface area contributed by atoms with E-state index in [0.29, 0.717) is 0 Å². The summed E-state index contributed by atoms with van der Waals surface area (Å²) < 4.78 is 5.60. The summed E-state index contributed by atoms with van der Waals surface area (Å²) in [6.45, 7) is 8.56. The van der Waals surface area contributed by atoms with E-state index in [4.69, 9.17) is 10.5 Å². The number of piperidine rings is 1. The van der Waals surface area contributed by atoms with Crippen LogP contribution in [0.5, 0.6) is 5.75 Å². The van der Waals surface area contributed by atoms with Crippen LogP contribution in [0.4, 0.5) is 0 Å². The maximum Gasteiger partial charge on any atom is 0.119 e. The van der Waals surface area contributed by atoms with Gasteiger partial charge in [-0.1, -0.05) is 26.0 Å². The number of likely N-dealkylation sites (tertiary alicyclic amines) is 1. The van der Waals surface area contributed by atoms with Crippen molar-refractivity contribution in [1.82, 2.24) is 4.90 Å². The first-order valence-electron chi connectivity index (χ1n) is 7.89. The average molecular weight is 276 g/mol. The number of hydrogen-bond acceptors (Lipinski definition) is 3. The number of rotatable bonds is 6. The van der Waals surface area contributed by atoms with Gasteiger partial charge in [-0.15, -0.1) is 0 Å². The molecule has 2 rings (SSSR count). The van der Waals surface area contributed by atoms with Gasteiger partial charge in [-0.3, -0.25) is 0 Å². The lowest BCUT2D eigenvalue weighted by Gasteiger charge is -2.32. The van der Waals surface area contributed by atoms with Crippen LogP contribution in [0.1, 0.15) is 44.7 Å². The van der Waals surface area contributed by atoms with Gasteiger partial charge in [-0.05, 0) is 56.0 Å². The summed E-state index contributed by atoms with van der Waals surface area (Å²) in [5, 5.41) is 0. The molecule has 0 aromatic heterocycles. The second-order valence-corrected chi connectivity index (χ2v) is 6.01. The van der Waals surface area contributed by atoms with Gasteiger partial charge in [-0.2, -0.15) is 0 Å². The molecule has 1 fully saturated rings. The third kappa shape index (κ3) is 4.50. The number of nitrogens with zero attached hydrogens (tertiary/aromatic N) is 1. The molecule has 1 atom stereocenters. The number of ether oxygens (including phenoxy) is 1. The molecule has 0 amide bonds. The van der Waals surface area contributed by atoms with Crippen molar-refractivity contribution >= 4 is 0 Å². The van der Waals surface area contributed by atoms with Crippen LogP contribution >= 0.6 is 0 Å². The molecule has 112 valence electrons. The quantitative estimate of drug-likeness (QED) is 0.867. The Kier molecular flexibility index (Phi) is 5.86. The van der Waals surface area contributed by atoms with Crippen LogP contribution in [0.3, 0.4) is 0 Å². The third-order valence-corrected chi connectivity index (χ3v) is 4.11. The van der Waals surface area contributed by atoms with Crippen LogP contribution in [0, 0.1) is 5.92 Å². The molecular formula is C17H28N2O. The average Bonchev–Trinajstić information content (AvgIpc) is 2.48. The molecule has 0 saturated carbocycles. The van der Waals surface area contributed by atoms with Gasteiger partial charge in [0.15, 0.2) is 0 Å². The van der Waals surface area contributed by atoms with Crippen LogP contribution in [-0.4, -0.2) is 31.1 Å². The van der Waals surface area contributed by atoms with E-state index in [0.717, 1.165) is 31.2 Å². The molecule has 0 aliphatic carbocycles. The van der Waals surface area contributed by atoms with Crippen molar-refractivity contribution in [2.75, 3.05) is 26.2 Å². The lowest BCUT2D eigenvalue weighted by molar-refractivity contribution is 0.183. The SMILES string of the molecule is CCCOc1ccc(C(N)CN2CCC(C)CC2)cc1. The minimum Gasteiger partial charge on any atom is -0.494 e. The van der Waals surface area contributed by atoms with Crippen molar-refractivity contribution in [3.05, 3.63) is 29.8 Å².